The first-order valence-electron chi connectivity index (χ1n) is 7.14. The molecule has 1 N–H and O–H groups in total. The topological polar surface area (TPSA) is 12.0 Å². The minimum absolute atomic E-state index is 0.672. The van der Waals surface area contributed by atoms with E-state index in [1.54, 1.807) is 4.88 Å². The normalized spacial score (nSPS) is 28.0. The van der Waals surface area contributed by atoms with Crippen molar-refractivity contribution < 1.29 is 0 Å². The Balaban J connectivity index is 1.42. The van der Waals surface area contributed by atoms with Crippen molar-refractivity contribution in [2.45, 2.75) is 44.6 Å². The van der Waals surface area contributed by atoms with Gasteiger partial charge < -0.3 is 5.32 Å². The molecule has 0 saturated heterocycles. The lowest BCUT2D eigenvalue weighted by Gasteiger charge is -2.22. The summed E-state index contributed by atoms with van der Waals surface area (Å²) in [5.41, 5.74) is 0.740. The number of hydrogen-bond donors (Lipinski definition) is 1. The van der Waals surface area contributed by atoms with Crippen LogP contribution in [-0.4, -0.2) is 6.54 Å². The van der Waals surface area contributed by atoms with E-state index >= 15 is 0 Å². The largest absolute Gasteiger partial charge is 0.308 e. The Labute approximate surface area is 108 Å². The molecular weight excluding hydrogens is 226 g/mol. The van der Waals surface area contributed by atoms with Gasteiger partial charge in [-0.2, -0.15) is 0 Å². The van der Waals surface area contributed by atoms with Gasteiger partial charge in [0.25, 0.3) is 0 Å². The van der Waals surface area contributed by atoms with Gasteiger partial charge in [-0.3, -0.25) is 0 Å². The van der Waals surface area contributed by atoms with Crippen LogP contribution in [0.2, 0.25) is 0 Å². The van der Waals surface area contributed by atoms with Gasteiger partial charge in [-0.25, -0.2) is 0 Å². The molecule has 1 nitrogen and oxygen atoms in total. The Kier molecular flexibility index (Phi) is 2.38. The van der Waals surface area contributed by atoms with Crippen LogP contribution < -0.4 is 5.32 Å². The van der Waals surface area contributed by atoms with E-state index in [4.69, 9.17) is 0 Å². The third kappa shape index (κ3) is 2.06. The second-order valence-corrected chi connectivity index (χ2v) is 7.33. The first-order valence-corrected chi connectivity index (χ1v) is 8.02. The van der Waals surface area contributed by atoms with Crippen LogP contribution in [0.4, 0.5) is 0 Å². The summed E-state index contributed by atoms with van der Waals surface area (Å²) in [6.07, 6.45) is 8.88. The molecule has 3 aliphatic rings. The van der Waals surface area contributed by atoms with Gasteiger partial charge in [0.2, 0.25) is 0 Å². The van der Waals surface area contributed by atoms with E-state index in [2.05, 4.69) is 22.8 Å². The summed E-state index contributed by atoms with van der Waals surface area (Å²) < 4.78 is 0. The lowest BCUT2D eigenvalue weighted by atomic mass is 9.99. The fourth-order valence-corrected chi connectivity index (χ4v) is 4.19. The predicted octanol–water partition coefficient (Wildman–Crippen LogP) is 3.98. The third-order valence-electron chi connectivity index (χ3n) is 4.95. The Morgan fingerprint density at radius 3 is 2.65 bits per heavy atom. The maximum absolute atomic E-state index is 3.92. The van der Waals surface area contributed by atoms with Crippen molar-refractivity contribution in [1.29, 1.82) is 0 Å². The maximum Gasteiger partial charge on any atom is 0.0443 e. The van der Waals surface area contributed by atoms with E-state index < -0.39 is 0 Å². The molecule has 0 aromatic carbocycles. The molecule has 1 aromatic rings. The average molecular weight is 247 g/mol. The Bertz CT molecular complexity index is 385. The van der Waals surface area contributed by atoms with E-state index in [1.165, 1.54) is 45.1 Å². The van der Waals surface area contributed by atoms with E-state index in [1.807, 2.05) is 11.3 Å². The molecule has 3 fully saturated rings. The highest BCUT2D eigenvalue weighted by Gasteiger charge is 2.53. The quantitative estimate of drug-likeness (QED) is 0.802. The first-order chi connectivity index (χ1) is 8.37. The molecule has 17 heavy (non-hydrogen) atoms. The van der Waals surface area contributed by atoms with Gasteiger partial charge in [-0.15, -0.1) is 11.3 Å². The molecule has 1 aromatic heterocycles. The summed E-state index contributed by atoms with van der Waals surface area (Å²) in [6, 6.07) is 5.19. The zero-order chi connectivity index (χ0) is 11.3. The molecule has 92 valence electrons. The molecule has 0 aliphatic heterocycles. The molecule has 0 bridgehead atoms. The summed E-state index contributed by atoms with van der Waals surface area (Å²) in [5, 5.41) is 6.14. The van der Waals surface area contributed by atoms with Gasteiger partial charge in [0.15, 0.2) is 0 Å². The summed E-state index contributed by atoms with van der Waals surface area (Å²) in [7, 11) is 0. The SMILES string of the molecule is c1csc(C(NCC2(C3CC3)CC2)C2CC2)c1. The molecule has 4 rings (SSSR count). The van der Waals surface area contributed by atoms with Crippen molar-refractivity contribution in [3.63, 3.8) is 0 Å². The van der Waals surface area contributed by atoms with Gasteiger partial charge in [0, 0.05) is 17.5 Å². The summed E-state index contributed by atoms with van der Waals surface area (Å²) in [6.45, 7) is 1.29. The number of rotatable bonds is 6. The molecule has 0 amide bonds. The molecule has 2 heteroatoms. The van der Waals surface area contributed by atoms with Crippen LogP contribution in [0, 0.1) is 17.3 Å². The second-order valence-electron chi connectivity index (χ2n) is 6.35. The lowest BCUT2D eigenvalue weighted by molar-refractivity contribution is 0.361. The van der Waals surface area contributed by atoms with Crippen LogP contribution >= 0.6 is 11.3 Å². The van der Waals surface area contributed by atoms with E-state index in [0.717, 1.165) is 17.3 Å². The Hall–Kier alpha value is -0.340. The maximum atomic E-state index is 3.92. The Morgan fingerprint density at radius 2 is 2.12 bits per heavy atom. The van der Waals surface area contributed by atoms with Crippen molar-refractivity contribution in [3.05, 3.63) is 22.4 Å². The van der Waals surface area contributed by atoms with Crippen LogP contribution in [0.1, 0.15) is 49.4 Å². The number of hydrogen-bond acceptors (Lipinski definition) is 2. The van der Waals surface area contributed by atoms with Crippen molar-refractivity contribution >= 4 is 11.3 Å². The second kappa shape index (κ2) is 3.83. The van der Waals surface area contributed by atoms with Gasteiger partial charge in [0.1, 0.15) is 0 Å². The fraction of sp³-hybridized carbons (Fsp3) is 0.733. The number of nitrogens with one attached hydrogen (secondary N) is 1. The summed E-state index contributed by atoms with van der Waals surface area (Å²) in [4.78, 5) is 1.57. The molecule has 0 radical (unpaired) electrons. The lowest BCUT2D eigenvalue weighted by Crippen LogP contribution is -2.30. The zero-order valence-electron chi connectivity index (χ0n) is 10.3. The summed E-state index contributed by atoms with van der Waals surface area (Å²) in [5.74, 6) is 2.02. The van der Waals surface area contributed by atoms with Crippen LogP contribution in [0.25, 0.3) is 0 Å². The van der Waals surface area contributed by atoms with Crippen LogP contribution in [0.3, 0.4) is 0 Å². The monoisotopic (exact) mass is 247 g/mol. The summed E-state index contributed by atoms with van der Waals surface area (Å²) >= 11 is 1.93. The van der Waals surface area contributed by atoms with Crippen molar-refractivity contribution in [2.75, 3.05) is 6.54 Å². The fourth-order valence-electron chi connectivity index (χ4n) is 3.30. The van der Waals surface area contributed by atoms with E-state index in [0.29, 0.717) is 6.04 Å². The zero-order valence-corrected chi connectivity index (χ0v) is 11.1. The smallest absolute Gasteiger partial charge is 0.0443 e. The highest BCUT2D eigenvalue weighted by molar-refractivity contribution is 7.10. The van der Waals surface area contributed by atoms with Crippen LogP contribution in [0.5, 0.6) is 0 Å². The molecular formula is C15H21NS. The highest BCUT2D eigenvalue weighted by Crippen LogP contribution is 2.61. The van der Waals surface area contributed by atoms with E-state index in [-0.39, 0.29) is 0 Å². The average Bonchev–Trinajstić information content (AvgIpc) is 3.18. The molecule has 3 saturated carbocycles. The van der Waals surface area contributed by atoms with Gasteiger partial charge in [0.05, 0.1) is 0 Å². The van der Waals surface area contributed by atoms with Gasteiger partial charge >= 0.3 is 0 Å². The molecule has 1 heterocycles. The minimum atomic E-state index is 0.672. The highest BCUT2D eigenvalue weighted by atomic mass is 32.1. The minimum Gasteiger partial charge on any atom is -0.308 e. The Morgan fingerprint density at radius 1 is 1.29 bits per heavy atom. The van der Waals surface area contributed by atoms with Crippen molar-refractivity contribution in [2.24, 2.45) is 17.3 Å². The standard InChI is InChI=1S/C15H21NS/c1-2-13(17-9-1)14(11-3-4-11)16-10-15(7-8-15)12-5-6-12/h1-2,9,11-12,14,16H,3-8,10H2. The number of thiophene rings is 1. The molecule has 3 aliphatic carbocycles. The van der Waals surface area contributed by atoms with Crippen LogP contribution in [-0.2, 0) is 0 Å². The van der Waals surface area contributed by atoms with Gasteiger partial charge in [-0.05, 0) is 67.2 Å². The molecule has 0 spiro atoms. The third-order valence-corrected chi connectivity index (χ3v) is 5.91. The van der Waals surface area contributed by atoms with Crippen molar-refractivity contribution in [3.8, 4) is 0 Å². The van der Waals surface area contributed by atoms with Crippen molar-refractivity contribution in [1.82, 2.24) is 5.32 Å². The molecule has 1 unspecified atom stereocenters. The molecule has 1 atom stereocenters. The van der Waals surface area contributed by atoms with Crippen LogP contribution in [0.15, 0.2) is 17.5 Å². The van der Waals surface area contributed by atoms with Gasteiger partial charge in [-0.1, -0.05) is 6.07 Å². The first kappa shape index (κ1) is 10.6. The van der Waals surface area contributed by atoms with E-state index in [9.17, 15) is 0 Å². The predicted molar refractivity (Wildman–Crippen MR) is 72.2 cm³/mol.